The Bertz CT molecular complexity index is 1290. The van der Waals surface area contributed by atoms with Crippen molar-refractivity contribution in [3.8, 4) is 23.0 Å². The summed E-state index contributed by atoms with van der Waals surface area (Å²) in [4.78, 5) is 24.2. The fraction of sp³-hybridized carbons (Fsp3) is 0.130. The van der Waals surface area contributed by atoms with Crippen LogP contribution in [0.15, 0.2) is 60.7 Å². The number of carbonyl (C=O) groups is 2. The van der Waals surface area contributed by atoms with E-state index in [0.717, 1.165) is 31.4 Å². The zero-order chi connectivity index (χ0) is 26.7. The zero-order valence-electron chi connectivity index (χ0n) is 18.2. The van der Waals surface area contributed by atoms with Gasteiger partial charge in [-0.25, -0.2) is 0 Å². The molecule has 0 aliphatic rings. The highest BCUT2D eigenvalue weighted by atomic mass is 19.4. The first kappa shape index (κ1) is 26.2. The number of anilines is 1. The molecule has 36 heavy (non-hydrogen) atoms. The summed E-state index contributed by atoms with van der Waals surface area (Å²) in [5.74, 6) is -3.52. The summed E-state index contributed by atoms with van der Waals surface area (Å²) in [6.07, 6.45) is -9.79. The quantitative estimate of drug-likeness (QED) is 0.391. The number of rotatable bonds is 7. The maximum Gasteiger partial charge on any atom is 0.573 e. The number of hydrogen-bond donors (Lipinski definition) is 2. The molecule has 0 unspecified atom stereocenters. The highest BCUT2D eigenvalue weighted by Gasteiger charge is 2.33. The Kier molecular flexibility index (Phi) is 7.32. The minimum absolute atomic E-state index is 0.0718. The van der Waals surface area contributed by atoms with Crippen LogP contribution in [0.3, 0.4) is 0 Å². The molecule has 0 aromatic heterocycles. The number of nitrogens with two attached hydrogens (primary N) is 1. The highest BCUT2D eigenvalue weighted by molar-refractivity contribution is 6.07. The molecule has 0 aliphatic carbocycles. The van der Waals surface area contributed by atoms with E-state index in [1.165, 1.54) is 24.3 Å². The number of halogens is 6. The standard InChI is InChI=1S/C23H16F6N2O5/c1-34-19-11-15(36-23(27,28)29)6-8-17(19)35-18-10-13(22(24,25)26)5-7-16(18)21(33)31-14-4-2-3-12(9-14)20(30)32/h2-11H,1H3,(H2,30,32)(H,31,33). The average Bonchev–Trinajstić information content (AvgIpc) is 2.78. The van der Waals surface area contributed by atoms with E-state index in [-0.39, 0.29) is 28.3 Å². The van der Waals surface area contributed by atoms with Crippen LogP contribution in [0.5, 0.6) is 23.0 Å². The summed E-state index contributed by atoms with van der Waals surface area (Å²) in [6, 6.07) is 10.2. The third-order valence-electron chi connectivity index (χ3n) is 4.55. The second-order valence-corrected chi connectivity index (χ2v) is 7.07. The van der Waals surface area contributed by atoms with Gasteiger partial charge in [0.2, 0.25) is 5.91 Å². The van der Waals surface area contributed by atoms with E-state index >= 15 is 0 Å². The number of nitrogens with one attached hydrogen (secondary N) is 1. The number of ether oxygens (including phenoxy) is 3. The van der Waals surface area contributed by atoms with Gasteiger partial charge >= 0.3 is 12.5 Å². The van der Waals surface area contributed by atoms with Gasteiger partial charge in [-0.15, -0.1) is 13.2 Å². The van der Waals surface area contributed by atoms with E-state index in [4.69, 9.17) is 15.2 Å². The minimum Gasteiger partial charge on any atom is -0.493 e. The molecular weight excluding hydrogens is 498 g/mol. The fourth-order valence-corrected chi connectivity index (χ4v) is 2.97. The van der Waals surface area contributed by atoms with Gasteiger partial charge in [0.05, 0.1) is 18.2 Å². The molecule has 3 aromatic rings. The lowest BCUT2D eigenvalue weighted by atomic mass is 10.1. The first-order chi connectivity index (χ1) is 16.8. The van der Waals surface area contributed by atoms with Gasteiger partial charge in [-0.1, -0.05) is 6.07 Å². The summed E-state index contributed by atoms with van der Waals surface area (Å²) in [7, 11) is 1.09. The molecule has 0 saturated heterocycles. The zero-order valence-corrected chi connectivity index (χ0v) is 18.2. The molecule has 13 heteroatoms. The van der Waals surface area contributed by atoms with Crippen molar-refractivity contribution in [3.63, 3.8) is 0 Å². The van der Waals surface area contributed by atoms with Crippen molar-refractivity contribution in [2.24, 2.45) is 5.73 Å². The molecule has 0 bridgehead atoms. The molecule has 3 rings (SSSR count). The van der Waals surface area contributed by atoms with Crippen molar-refractivity contribution in [2.45, 2.75) is 12.5 Å². The van der Waals surface area contributed by atoms with Crippen LogP contribution in [-0.4, -0.2) is 25.3 Å². The number of methoxy groups -OCH3 is 1. The molecule has 2 amide bonds. The maximum absolute atomic E-state index is 13.3. The van der Waals surface area contributed by atoms with Gasteiger partial charge in [0.1, 0.15) is 11.5 Å². The van der Waals surface area contributed by atoms with Gasteiger partial charge in [0.25, 0.3) is 5.91 Å². The van der Waals surface area contributed by atoms with Gasteiger partial charge < -0.3 is 25.3 Å². The van der Waals surface area contributed by atoms with Gasteiger partial charge in [-0.2, -0.15) is 13.2 Å². The Morgan fingerprint density at radius 1 is 0.861 bits per heavy atom. The molecule has 7 nitrogen and oxygen atoms in total. The van der Waals surface area contributed by atoms with Crippen molar-refractivity contribution in [2.75, 3.05) is 12.4 Å². The van der Waals surface area contributed by atoms with Crippen molar-refractivity contribution in [3.05, 3.63) is 77.4 Å². The van der Waals surface area contributed by atoms with Gasteiger partial charge in [-0.05, 0) is 48.5 Å². The number of alkyl halides is 6. The molecule has 0 atom stereocenters. The predicted molar refractivity (Wildman–Crippen MR) is 114 cm³/mol. The Labute approximate surface area is 199 Å². The summed E-state index contributed by atoms with van der Waals surface area (Å²) in [6.45, 7) is 0. The normalized spacial score (nSPS) is 11.5. The first-order valence-corrected chi connectivity index (χ1v) is 9.81. The summed E-state index contributed by atoms with van der Waals surface area (Å²) in [5.41, 5.74) is 3.88. The molecule has 3 aromatic carbocycles. The van der Waals surface area contributed by atoms with Crippen LogP contribution in [0.4, 0.5) is 32.0 Å². The lowest BCUT2D eigenvalue weighted by Crippen LogP contribution is -2.17. The molecule has 0 heterocycles. The highest BCUT2D eigenvalue weighted by Crippen LogP contribution is 2.39. The average molecular weight is 514 g/mol. The Morgan fingerprint density at radius 2 is 1.58 bits per heavy atom. The number of primary amides is 1. The van der Waals surface area contributed by atoms with Crippen molar-refractivity contribution >= 4 is 17.5 Å². The smallest absolute Gasteiger partial charge is 0.493 e. The van der Waals surface area contributed by atoms with Crippen LogP contribution >= 0.6 is 0 Å². The van der Waals surface area contributed by atoms with E-state index < -0.39 is 41.4 Å². The molecular formula is C23H16F6N2O5. The first-order valence-electron chi connectivity index (χ1n) is 9.81. The van der Waals surface area contributed by atoms with Crippen LogP contribution in [-0.2, 0) is 6.18 Å². The Morgan fingerprint density at radius 3 is 2.19 bits per heavy atom. The molecule has 3 N–H and O–H groups in total. The maximum atomic E-state index is 13.3. The van der Waals surface area contributed by atoms with Crippen LogP contribution < -0.4 is 25.3 Å². The number of carbonyl (C=O) groups excluding carboxylic acids is 2. The van der Waals surface area contributed by atoms with Gasteiger partial charge in [-0.3, -0.25) is 9.59 Å². The Hall–Kier alpha value is -4.42. The molecule has 0 aliphatic heterocycles. The number of hydrogen-bond acceptors (Lipinski definition) is 5. The predicted octanol–water partition coefficient (Wildman–Crippen LogP) is 5.76. The van der Waals surface area contributed by atoms with Crippen LogP contribution in [0, 0.1) is 0 Å². The summed E-state index contributed by atoms with van der Waals surface area (Å²) < 4.78 is 91.7. The minimum atomic E-state index is -4.99. The van der Waals surface area contributed by atoms with Crippen molar-refractivity contribution in [1.82, 2.24) is 0 Å². The molecule has 0 fully saturated rings. The topological polar surface area (TPSA) is 99.9 Å². The third-order valence-corrected chi connectivity index (χ3v) is 4.55. The largest absolute Gasteiger partial charge is 0.573 e. The van der Waals surface area contributed by atoms with E-state index in [1.807, 2.05) is 0 Å². The van der Waals surface area contributed by atoms with Crippen molar-refractivity contribution in [1.29, 1.82) is 0 Å². The second-order valence-electron chi connectivity index (χ2n) is 7.07. The third kappa shape index (κ3) is 6.58. The molecule has 0 spiro atoms. The van der Waals surface area contributed by atoms with E-state index in [1.54, 1.807) is 0 Å². The monoisotopic (exact) mass is 514 g/mol. The number of benzene rings is 3. The van der Waals surface area contributed by atoms with E-state index in [2.05, 4.69) is 10.1 Å². The van der Waals surface area contributed by atoms with Crippen LogP contribution in [0.2, 0.25) is 0 Å². The summed E-state index contributed by atoms with van der Waals surface area (Å²) in [5, 5.41) is 2.42. The Balaban J connectivity index is 1.99. The molecule has 190 valence electrons. The fourth-order valence-electron chi connectivity index (χ4n) is 2.97. The van der Waals surface area contributed by atoms with E-state index in [0.29, 0.717) is 12.1 Å². The lowest BCUT2D eigenvalue weighted by molar-refractivity contribution is -0.274. The van der Waals surface area contributed by atoms with Gasteiger partial charge in [0.15, 0.2) is 11.5 Å². The van der Waals surface area contributed by atoms with Gasteiger partial charge in [0, 0.05) is 17.3 Å². The second kappa shape index (κ2) is 10.1. The van der Waals surface area contributed by atoms with Crippen LogP contribution in [0.1, 0.15) is 26.3 Å². The molecule has 0 saturated carbocycles. The van der Waals surface area contributed by atoms with E-state index in [9.17, 15) is 35.9 Å². The summed E-state index contributed by atoms with van der Waals surface area (Å²) >= 11 is 0. The SMILES string of the molecule is COc1cc(OC(F)(F)F)ccc1Oc1cc(C(F)(F)F)ccc1C(=O)Nc1cccc(C(N)=O)c1. The van der Waals surface area contributed by atoms with Crippen LogP contribution in [0.25, 0.3) is 0 Å². The number of amides is 2. The van der Waals surface area contributed by atoms with Crippen molar-refractivity contribution < 1.29 is 50.1 Å². The molecule has 0 radical (unpaired) electrons. The lowest BCUT2D eigenvalue weighted by Gasteiger charge is -2.17.